The molecule has 0 aromatic carbocycles. The van der Waals surface area contributed by atoms with E-state index in [1.54, 1.807) is 0 Å². The summed E-state index contributed by atoms with van der Waals surface area (Å²) in [4.78, 5) is 37.9. The number of allylic oxidation sites excluding steroid dienone is 16. The maximum Gasteiger partial charge on any atom is 0.306 e. The monoisotopic (exact) mass is 1050 g/mol. The molecule has 74 heavy (non-hydrogen) atoms. The van der Waals surface area contributed by atoms with E-state index in [9.17, 15) is 19.0 Å². The molecule has 0 aromatic rings. The van der Waals surface area contributed by atoms with Crippen molar-refractivity contribution >= 4 is 19.8 Å². The molecule has 0 aliphatic rings. The third kappa shape index (κ3) is 58.2. The summed E-state index contributed by atoms with van der Waals surface area (Å²) >= 11 is 0. The van der Waals surface area contributed by atoms with Crippen molar-refractivity contribution in [1.29, 1.82) is 0 Å². The van der Waals surface area contributed by atoms with E-state index in [1.807, 2.05) is 21.1 Å². The van der Waals surface area contributed by atoms with Crippen LogP contribution in [0.1, 0.15) is 245 Å². The highest BCUT2D eigenvalue weighted by molar-refractivity contribution is 7.45. The fraction of sp³-hybridized carbons (Fsp3) is 0.719. The van der Waals surface area contributed by atoms with E-state index in [2.05, 4.69) is 111 Å². The van der Waals surface area contributed by atoms with Gasteiger partial charge in [-0.25, -0.2) is 0 Å². The van der Waals surface area contributed by atoms with E-state index in [1.165, 1.54) is 135 Å². The molecule has 0 aliphatic heterocycles. The molecule has 0 N–H and O–H groups in total. The van der Waals surface area contributed by atoms with Crippen molar-refractivity contribution in [3.05, 3.63) is 97.2 Å². The predicted molar refractivity (Wildman–Crippen MR) is 314 cm³/mol. The van der Waals surface area contributed by atoms with Gasteiger partial charge in [0, 0.05) is 12.8 Å². The van der Waals surface area contributed by atoms with E-state index in [-0.39, 0.29) is 26.1 Å². The number of phosphoric ester groups is 1. The number of likely N-dealkylation sites (N-methyl/N-ethyl adjacent to an activating group) is 1. The van der Waals surface area contributed by atoms with Gasteiger partial charge in [-0.3, -0.25) is 14.2 Å². The lowest BCUT2D eigenvalue weighted by molar-refractivity contribution is -0.870. The number of carbonyl (C=O) groups is 2. The van der Waals surface area contributed by atoms with Crippen LogP contribution in [-0.2, 0) is 32.7 Å². The molecule has 0 radical (unpaired) electrons. The molecule has 0 rings (SSSR count). The molecule has 0 saturated heterocycles. The molecule has 10 heteroatoms. The molecular formula is C64H112NO8P. The van der Waals surface area contributed by atoms with E-state index < -0.39 is 32.5 Å². The quantitative estimate of drug-likeness (QED) is 0.0195. The van der Waals surface area contributed by atoms with E-state index in [0.717, 1.165) is 77.0 Å². The van der Waals surface area contributed by atoms with E-state index in [0.29, 0.717) is 17.4 Å². The Bertz CT molecular complexity index is 1570. The van der Waals surface area contributed by atoms with Gasteiger partial charge in [0.2, 0.25) is 0 Å². The van der Waals surface area contributed by atoms with Crippen LogP contribution in [0.5, 0.6) is 0 Å². The van der Waals surface area contributed by atoms with Crippen molar-refractivity contribution in [3.63, 3.8) is 0 Å². The third-order valence-corrected chi connectivity index (χ3v) is 13.6. The van der Waals surface area contributed by atoms with Gasteiger partial charge in [-0.1, -0.05) is 233 Å². The summed E-state index contributed by atoms with van der Waals surface area (Å²) in [5.74, 6) is -0.884. The number of quaternary nitrogens is 1. The fourth-order valence-corrected chi connectivity index (χ4v) is 8.71. The smallest absolute Gasteiger partial charge is 0.306 e. The zero-order chi connectivity index (χ0) is 54.2. The SMILES string of the molecule is CC/C=C\C/C=C\C/C=C\C/C=C\C/C=C\C/C=C\CCCCC(=O)OC(COC(=O)CCCCCCCCCCCCCCCCCCC/C=C\C/C=C\CCCCCCC)COP(=O)([O-])OCC[N+](C)(C)C. The Kier molecular flexibility index (Phi) is 52.4. The van der Waals surface area contributed by atoms with Gasteiger partial charge in [0.25, 0.3) is 7.82 Å². The van der Waals surface area contributed by atoms with Crippen LogP contribution in [0.25, 0.3) is 0 Å². The van der Waals surface area contributed by atoms with Gasteiger partial charge in [-0.15, -0.1) is 0 Å². The molecule has 9 nitrogen and oxygen atoms in total. The van der Waals surface area contributed by atoms with Crippen LogP contribution >= 0.6 is 7.82 Å². The molecule has 0 aliphatic carbocycles. The largest absolute Gasteiger partial charge is 0.756 e. The first-order chi connectivity index (χ1) is 36.0. The number of hydrogen-bond acceptors (Lipinski definition) is 8. The lowest BCUT2D eigenvalue weighted by Gasteiger charge is -2.28. The number of rotatable bonds is 54. The number of nitrogens with zero attached hydrogens (tertiary/aromatic N) is 1. The number of esters is 2. The van der Waals surface area contributed by atoms with Crippen molar-refractivity contribution in [3.8, 4) is 0 Å². The molecule has 0 amide bonds. The highest BCUT2D eigenvalue weighted by Crippen LogP contribution is 2.38. The Labute approximate surface area is 455 Å². The van der Waals surface area contributed by atoms with Crippen LogP contribution in [-0.4, -0.2) is 70.0 Å². The zero-order valence-electron chi connectivity index (χ0n) is 48.3. The van der Waals surface area contributed by atoms with Gasteiger partial charge >= 0.3 is 11.9 Å². The molecule has 0 bridgehead atoms. The second-order valence-corrected chi connectivity index (χ2v) is 22.4. The summed E-state index contributed by atoms with van der Waals surface area (Å²) in [5, 5.41) is 0. The summed E-state index contributed by atoms with van der Waals surface area (Å²) < 4.78 is 34.1. The van der Waals surface area contributed by atoms with Crippen LogP contribution < -0.4 is 4.89 Å². The number of carbonyl (C=O) groups excluding carboxylic acids is 2. The summed E-state index contributed by atoms with van der Waals surface area (Å²) in [6.07, 6.45) is 74.7. The highest BCUT2D eigenvalue weighted by atomic mass is 31.2. The van der Waals surface area contributed by atoms with Crippen molar-refractivity contribution in [2.75, 3.05) is 47.5 Å². The Morgan fingerprint density at radius 3 is 1.18 bits per heavy atom. The van der Waals surface area contributed by atoms with E-state index in [4.69, 9.17) is 18.5 Å². The molecule has 0 spiro atoms. The van der Waals surface area contributed by atoms with Gasteiger partial charge < -0.3 is 27.9 Å². The first kappa shape index (κ1) is 70.9. The second-order valence-electron chi connectivity index (χ2n) is 21.0. The Balaban J connectivity index is 4.18. The number of hydrogen-bond donors (Lipinski definition) is 0. The first-order valence-electron chi connectivity index (χ1n) is 29.9. The van der Waals surface area contributed by atoms with Gasteiger partial charge in [0.1, 0.15) is 19.8 Å². The molecule has 2 unspecified atom stereocenters. The van der Waals surface area contributed by atoms with Crippen molar-refractivity contribution in [1.82, 2.24) is 0 Å². The van der Waals surface area contributed by atoms with Crippen LogP contribution in [0.3, 0.4) is 0 Å². The van der Waals surface area contributed by atoms with Crippen molar-refractivity contribution in [2.24, 2.45) is 0 Å². The second kappa shape index (κ2) is 54.7. The minimum absolute atomic E-state index is 0.0436. The molecule has 0 fully saturated rings. The van der Waals surface area contributed by atoms with Crippen LogP contribution in [0.15, 0.2) is 97.2 Å². The lowest BCUT2D eigenvalue weighted by Crippen LogP contribution is -2.37. The number of ether oxygens (including phenoxy) is 2. The van der Waals surface area contributed by atoms with Crippen LogP contribution in [0.4, 0.5) is 0 Å². The average molecular weight is 1050 g/mol. The molecule has 426 valence electrons. The summed E-state index contributed by atoms with van der Waals surface area (Å²) in [5.41, 5.74) is 0. The van der Waals surface area contributed by atoms with Crippen LogP contribution in [0.2, 0.25) is 0 Å². The number of unbranched alkanes of at least 4 members (excludes halogenated alkanes) is 24. The molecule has 0 saturated carbocycles. The maximum absolute atomic E-state index is 12.8. The minimum Gasteiger partial charge on any atom is -0.756 e. The normalized spacial score (nSPS) is 14.0. The number of phosphoric acid groups is 1. The molecule has 0 aromatic heterocycles. The van der Waals surface area contributed by atoms with Gasteiger partial charge in [-0.2, -0.15) is 0 Å². The summed E-state index contributed by atoms with van der Waals surface area (Å²) in [6, 6.07) is 0. The summed E-state index contributed by atoms with van der Waals surface area (Å²) in [6.45, 7) is 4.07. The topological polar surface area (TPSA) is 111 Å². The fourth-order valence-electron chi connectivity index (χ4n) is 7.98. The molecule has 0 heterocycles. The zero-order valence-corrected chi connectivity index (χ0v) is 49.2. The predicted octanol–water partition coefficient (Wildman–Crippen LogP) is 18.2. The highest BCUT2D eigenvalue weighted by Gasteiger charge is 2.21. The Morgan fingerprint density at radius 1 is 0.432 bits per heavy atom. The molecular weight excluding hydrogens is 942 g/mol. The van der Waals surface area contributed by atoms with Gasteiger partial charge in [0.05, 0.1) is 27.7 Å². The average Bonchev–Trinajstić information content (AvgIpc) is 3.36. The maximum atomic E-state index is 12.8. The van der Waals surface area contributed by atoms with Gasteiger partial charge in [-0.05, 0) is 96.3 Å². The Hall–Kier alpha value is -3.07. The third-order valence-electron chi connectivity index (χ3n) is 12.6. The minimum atomic E-state index is -4.65. The summed E-state index contributed by atoms with van der Waals surface area (Å²) in [7, 11) is 1.13. The standard InChI is InChI=1S/C64H112NO8P/c1-6-8-10-12-14-16-18-20-22-24-26-28-29-30-31-32-33-34-35-37-38-40-42-44-46-48-50-52-54-56-63(66)70-60-62(61-72-74(68,69)71-59-58-65(3,4)5)73-64(67)57-55-53-51-49-47-45-43-41-39-36-27-25-23-21-19-17-15-13-11-9-7-2/h9,11,15,17-18,20-21,23-24,26-27,36,41,43,47,49,62H,6-8,10,12-14,16,19,22,25,28-35,37-40,42,44-46,48,50-61H2,1-5H3/b11-9-,17-15-,20-18-,23-21-,26-24-,36-27-,43-41-,49-47-. The lowest BCUT2D eigenvalue weighted by atomic mass is 10.0. The molecule has 2 atom stereocenters. The van der Waals surface area contributed by atoms with Gasteiger partial charge in [0.15, 0.2) is 6.10 Å². The Morgan fingerprint density at radius 2 is 0.770 bits per heavy atom. The van der Waals surface area contributed by atoms with E-state index >= 15 is 0 Å². The van der Waals surface area contributed by atoms with Crippen LogP contribution in [0, 0.1) is 0 Å². The first-order valence-corrected chi connectivity index (χ1v) is 31.4. The van der Waals surface area contributed by atoms with Crippen molar-refractivity contribution in [2.45, 2.75) is 251 Å². The van der Waals surface area contributed by atoms with Crippen molar-refractivity contribution < 1.29 is 42.1 Å².